The number of nitrogens with zero attached hydrogens (tertiary/aromatic N) is 2. The Bertz CT molecular complexity index is 642. The van der Waals surface area contributed by atoms with Gasteiger partial charge in [-0.05, 0) is 13.8 Å². The third kappa shape index (κ3) is 3.92. The Kier molecular flexibility index (Phi) is 4.97. The number of aromatic amines is 1. The fourth-order valence-electron chi connectivity index (χ4n) is 1.85. The Morgan fingerprint density at radius 3 is 2.82 bits per heavy atom. The lowest BCUT2D eigenvalue weighted by Gasteiger charge is -2.14. The second-order valence-electron chi connectivity index (χ2n) is 6.04. The second kappa shape index (κ2) is 6.58. The lowest BCUT2D eigenvalue weighted by atomic mass is 9.92. The van der Waals surface area contributed by atoms with Crippen LogP contribution in [0.25, 0.3) is 0 Å². The Morgan fingerprint density at radius 1 is 1.50 bits per heavy atom. The number of hydrogen-bond donors (Lipinski definition) is 2. The van der Waals surface area contributed by atoms with E-state index in [2.05, 4.69) is 41.3 Å². The van der Waals surface area contributed by atoms with Gasteiger partial charge in [0.15, 0.2) is 5.82 Å². The number of ether oxygens (including phenoxy) is 1. The maximum atomic E-state index is 12.2. The first-order chi connectivity index (χ1) is 10.3. The fraction of sp³-hybridized carbons (Fsp3) is 0.533. The molecule has 120 valence electrons. The summed E-state index contributed by atoms with van der Waals surface area (Å²) in [5.41, 5.74) is 1.30. The van der Waals surface area contributed by atoms with Gasteiger partial charge in [0.05, 0.1) is 0 Å². The Labute approximate surface area is 134 Å². The molecule has 0 unspecified atom stereocenters. The summed E-state index contributed by atoms with van der Waals surface area (Å²) >= 11 is 1.42. The third-order valence-electron chi connectivity index (χ3n) is 3.15. The first-order valence-corrected chi connectivity index (χ1v) is 8.13. The lowest BCUT2D eigenvalue weighted by Crippen LogP contribution is -2.13. The number of carbonyl (C=O) groups excluding carboxylic acids is 1. The number of rotatable bonds is 5. The zero-order valence-corrected chi connectivity index (χ0v) is 14.4. The molecule has 2 rings (SSSR count). The maximum absolute atomic E-state index is 12.2. The van der Waals surface area contributed by atoms with Crippen molar-refractivity contribution in [2.24, 2.45) is 0 Å². The van der Waals surface area contributed by atoms with Crippen molar-refractivity contribution in [3.05, 3.63) is 27.8 Å². The number of thiazole rings is 1. The molecule has 0 spiro atoms. The van der Waals surface area contributed by atoms with Gasteiger partial charge in [0, 0.05) is 29.2 Å². The summed E-state index contributed by atoms with van der Waals surface area (Å²) in [5.74, 6) is 0.237. The van der Waals surface area contributed by atoms with E-state index in [4.69, 9.17) is 4.74 Å². The number of aromatic nitrogens is 3. The van der Waals surface area contributed by atoms with Crippen molar-refractivity contribution in [3.8, 4) is 0 Å². The molecule has 0 aliphatic heterocycles. The van der Waals surface area contributed by atoms with E-state index in [1.54, 1.807) is 5.38 Å². The van der Waals surface area contributed by atoms with Crippen molar-refractivity contribution >= 4 is 23.1 Å². The minimum atomic E-state index is -0.266. The molecule has 0 aliphatic carbocycles. The van der Waals surface area contributed by atoms with Gasteiger partial charge in [0.2, 0.25) is 0 Å². The van der Waals surface area contributed by atoms with Crippen LogP contribution in [0.5, 0.6) is 0 Å². The zero-order valence-electron chi connectivity index (χ0n) is 13.6. The summed E-state index contributed by atoms with van der Waals surface area (Å²) in [4.78, 5) is 16.5. The van der Waals surface area contributed by atoms with Gasteiger partial charge in [-0.3, -0.25) is 9.89 Å². The van der Waals surface area contributed by atoms with Crippen molar-refractivity contribution in [2.75, 3.05) is 11.9 Å². The molecular formula is C15H22N4O2S. The first kappa shape index (κ1) is 16.6. The Morgan fingerprint density at radius 2 is 2.23 bits per heavy atom. The fourth-order valence-corrected chi connectivity index (χ4v) is 2.65. The van der Waals surface area contributed by atoms with E-state index in [0.29, 0.717) is 18.1 Å². The minimum Gasteiger partial charge on any atom is -0.372 e. The second-order valence-corrected chi connectivity index (χ2v) is 6.93. The SMILES string of the molecule is CCO[C@@H](C)c1nc(C(=O)Nc2cc(C(C)(C)C)[nH]n2)cs1. The van der Waals surface area contributed by atoms with Crippen LogP contribution in [0.4, 0.5) is 5.82 Å². The van der Waals surface area contributed by atoms with E-state index >= 15 is 0 Å². The van der Waals surface area contributed by atoms with Crippen LogP contribution in [0.2, 0.25) is 0 Å². The predicted molar refractivity (Wildman–Crippen MR) is 87.4 cm³/mol. The van der Waals surface area contributed by atoms with E-state index in [1.807, 2.05) is 19.9 Å². The molecule has 2 aromatic heterocycles. The molecule has 0 saturated carbocycles. The average Bonchev–Trinajstić information content (AvgIpc) is 3.06. The molecular weight excluding hydrogens is 300 g/mol. The van der Waals surface area contributed by atoms with Crippen LogP contribution in [-0.2, 0) is 10.2 Å². The molecule has 0 fully saturated rings. The standard InChI is InChI=1S/C15H22N4O2S/c1-6-21-9(2)14-16-10(8-22-14)13(20)17-12-7-11(18-19-12)15(3,4)5/h7-9H,6H2,1-5H3,(H2,17,18,19,20)/t9-/m0/s1. The summed E-state index contributed by atoms with van der Waals surface area (Å²) in [6.45, 7) is 10.7. The number of nitrogens with one attached hydrogen (secondary N) is 2. The molecule has 22 heavy (non-hydrogen) atoms. The molecule has 2 N–H and O–H groups in total. The zero-order chi connectivity index (χ0) is 16.3. The molecule has 7 heteroatoms. The molecule has 0 saturated heterocycles. The molecule has 0 radical (unpaired) electrons. The van der Waals surface area contributed by atoms with E-state index in [-0.39, 0.29) is 17.4 Å². The number of hydrogen-bond acceptors (Lipinski definition) is 5. The van der Waals surface area contributed by atoms with Crippen molar-refractivity contribution in [1.29, 1.82) is 0 Å². The number of H-pyrrole nitrogens is 1. The van der Waals surface area contributed by atoms with Gasteiger partial charge in [-0.1, -0.05) is 20.8 Å². The van der Waals surface area contributed by atoms with Crippen molar-refractivity contribution in [2.45, 2.75) is 46.1 Å². The number of amides is 1. The van der Waals surface area contributed by atoms with Crippen molar-refractivity contribution in [1.82, 2.24) is 15.2 Å². The Balaban J connectivity index is 2.05. The normalized spacial score (nSPS) is 13.1. The average molecular weight is 322 g/mol. The van der Waals surface area contributed by atoms with Gasteiger partial charge in [0.25, 0.3) is 5.91 Å². The van der Waals surface area contributed by atoms with Crippen LogP contribution in [0, 0.1) is 0 Å². The predicted octanol–water partition coefficient (Wildman–Crippen LogP) is 3.51. The lowest BCUT2D eigenvalue weighted by molar-refractivity contribution is 0.0760. The summed E-state index contributed by atoms with van der Waals surface area (Å²) < 4.78 is 5.48. The Hall–Kier alpha value is -1.73. The highest BCUT2D eigenvalue weighted by Gasteiger charge is 2.19. The van der Waals surface area contributed by atoms with Crippen molar-refractivity contribution in [3.63, 3.8) is 0 Å². The molecule has 6 nitrogen and oxygen atoms in total. The van der Waals surface area contributed by atoms with Gasteiger partial charge in [-0.25, -0.2) is 4.98 Å². The number of anilines is 1. The molecule has 0 bridgehead atoms. The largest absolute Gasteiger partial charge is 0.372 e. The van der Waals surface area contributed by atoms with Crippen LogP contribution >= 0.6 is 11.3 Å². The van der Waals surface area contributed by atoms with Crippen LogP contribution in [0.15, 0.2) is 11.4 Å². The van der Waals surface area contributed by atoms with E-state index < -0.39 is 0 Å². The van der Waals surface area contributed by atoms with Crippen LogP contribution in [-0.4, -0.2) is 27.7 Å². The molecule has 0 aromatic carbocycles. The highest BCUT2D eigenvalue weighted by Crippen LogP contribution is 2.23. The van der Waals surface area contributed by atoms with Crippen LogP contribution in [0.3, 0.4) is 0 Å². The maximum Gasteiger partial charge on any atom is 0.276 e. The van der Waals surface area contributed by atoms with Crippen LogP contribution in [0.1, 0.15) is 61.9 Å². The highest BCUT2D eigenvalue weighted by atomic mass is 32.1. The van der Waals surface area contributed by atoms with Crippen molar-refractivity contribution < 1.29 is 9.53 Å². The third-order valence-corrected chi connectivity index (χ3v) is 4.15. The van der Waals surface area contributed by atoms with E-state index in [1.165, 1.54) is 11.3 Å². The molecule has 1 atom stereocenters. The summed E-state index contributed by atoms with van der Waals surface area (Å²) in [6, 6.07) is 1.84. The topological polar surface area (TPSA) is 79.9 Å². The van der Waals surface area contributed by atoms with Crippen LogP contribution < -0.4 is 5.32 Å². The van der Waals surface area contributed by atoms with Gasteiger partial charge < -0.3 is 10.1 Å². The van der Waals surface area contributed by atoms with Gasteiger partial charge in [-0.2, -0.15) is 5.10 Å². The summed E-state index contributed by atoms with van der Waals surface area (Å²) in [6.07, 6.45) is -0.102. The molecule has 1 amide bonds. The molecule has 0 aliphatic rings. The minimum absolute atomic E-state index is 0.0449. The van der Waals surface area contributed by atoms with Gasteiger partial charge in [-0.15, -0.1) is 11.3 Å². The first-order valence-electron chi connectivity index (χ1n) is 7.25. The van der Waals surface area contributed by atoms with Gasteiger partial charge >= 0.3 is 0 Å². The molecule has 2 aromatic rings. The quantitative estimate of drug-likeness (QED) is 0.882. The summed E-state index contributed by atoms with van der Waals surface area (Å²) in [7, 11) is 0. The summed E-state index contributed by atoms with van der Waals surface area (Å²) in [5, 5.41) is 12.3. The smallest absolute Gasteiger partial charge is 0.276 e. The van der Waals surface area contributed by atoms with E-state index in [9.17, 15) is 4.79 Å². The number of carbonyl (C=O) groups is 1. The van der Waals surface area contributed by atoms with E-state index in [0.717, 1.165) is 10.7 Å². The highest BCUT2D eigenvalue weighted by molar-refractivity contribution is 7.09. The van der Waals surface area contributed by atoms with Gasteiger partial charge in [0.1, 0.15) is 16.8 Å². The molecule has 2 heterocycles. The monoisotopic (exact) mass is 322 g/mol.